The largest absolute Gasteiger partial charge is 0.372 e. The van der Waals surface area contributed by atoms with Gasteiger partial charge in [-0.05, 0) is 66.8 Å². The fourth-order valence-electron chi connectivity index (χ4n) is 5.87. The van der Waals surface area contributed by atoms with Crippen LogP contribution >= 0.6 is 0 Å². The monoisotopic (exact) mass is 444 g/mol. The maximum Gasteiger partial charge on any atom is 0.0721 e. The highest BCUT2D eigenvalue weighted by Crippen LogP contribution is 2.32. The van der Waals surface area contributed by atoms with Crippen LogP contribution in [0.25, 0.3) is 43.6 Å². The molecular formula is C31H28N2O. The van der Waals surface area contributed by atoms with Crippen molar-refractivity contribution in [2.24, 2.45) is 0 Å². The predicted molar refractivity (Wildman–Crippen MR) is 141 cm³/mol. The van der Waals surface area contributed by atoms with Gasteiger partial charge in [0.15, 0.2) is 0 Å². The zero-order chi connectivity index (χ0) is 22.5. The molecule has 4 aliphatic rings. The van der Waals surface area contributed by atoms with Crippen molar-refractivity contribution >= 4 is 43.6 Å². The Morgan fingerprint density at radius 2 is 0.941 bits per heavy atom. The lowest BCUT2D eigenvalue weighted by molar-refractivity contribution is 0.107. The first-order chi connectivity index (χ1) is 16.9. The van der Waals surface area contributed by atoms with Gasteiger partial charge in [-0.2, -0.15) is 0 Å². The number of rotatable bonds is 0. The molecule has 0 saturated heterocycles. The maximum atomic E-state index is 6.21. The van der Waals surface area contributed by atoms with Gasteiger partial charge in [-0.1, -0.05) is 48.5 Å². The molecule has 0 fully saturated rings. The second-order valence-electron chi connectivity index (χ2n) is 9.59. The van der Waals surface area contributed by atoms with Crippen molar-refractivity contribution in [2.75, 3.05) is 0 Å². The predicted octanol–water partition coefficient (Wildman–Crippen LogP) is 7.80. The van der Waals surface area contributed by atoms with Gasteiger partial charge in [0.25, 0.3) is 0 Å². The quantitative estimate of drug-likeness (QED) is 0.234. The van der Waals surface area contributed by atoms with Crippen LogP contribution in [-0.4, -0.2) is 9.13 Å². The Morgan fingerprint density at radius 1 is 0.471 bits per heavy atom. The minimum atomic E-state index is 0.620. The minimum Gasteiger partial charge on any atom is -0.372 e. The average molecular weight is 445 g/mol. The third-order valence-electron chi connectivity index (χ3n) is 7.47. The molecule has 0 spiro atoms. The van der Waals surface area contributed by atoms with Gasteiger partial charge in [0.05, 0.1) is 13.2 Å². The Morgan fingerprint density at radius 3 is 1.47 bits per heavy atom. The normalized spacial score (nSPS) is 15.3. The van der Waals surface area contributed by atoms with E-state index in [1.54, 1.807) is 0 Å². The maximum absolute atomic E-state index is 6.21. The summed E-state index contributed by atoms with van der Waals surface area (Å²) in [6.07, 6.45) is 3.58. The van der Waals surface area contributed by atoms with E-state index in [0.717, 1.165) is 13.1 Å². The van der Waals surface area contributed by atoms with Gasteiger partial charge in [-0.25, -0.2) is 0 Å². The SMILES string of the molecule is c1ccc2c(c1)c1cc3ccc1n2CCCCCn1c2ccccc2c2cc(ccc21)COC3. The smallest absolute Gasteiger partial charge is 0.0721 e. The van der Waals surface area contributed by atoms with Crippen molar-refractivity contribution in [2.45, 2.75) is 45.6 Å². The number of fused-ring (bicyclic) bond motifs is 2. The molecule has 0 unspecified atom stereocenters. The van der Waals surface area contributed by atoms with Gasteiger partial charge in [0, 0.05) is 56.7 Å². The molecule has 0 saturated carbocycles. The van der Waals surface area contributed by atoms with Crippen LogP contribution in [0.1, 0.15) is 30.4 Å². The van der Waals surface area contributed by atoms with E-state index in [9.17, 15) is 0 Å². The summed E-state index contributed by atoms with van der Waals surface area (Å²) in [7, 11) is 0. The standard InChI is InChI=1S/C31H28N2O/c1-6-16-32-28-10-4-2-8-24(28)26-18-22(12-14-30(26)32)20-34-21-23-13-15-31-27(19-23)25-9-3-5-11-29(25)33(31)17-7-1/h2-5,8-15,18-19H,1,6-7,16-17,20-21H2. The van der Waals surface area contributed by atoms with Gasteiger partial charge in [0.2, 0.25) is 0 Å². The van der Waals surface area contributed by atoms with Crippen LogP contribution in [0.4, 0.5) is 0 Å². The lowest BCUT2D eigenvalue weighted by Crippen LogP contribution is -2.01. The molecule has 4 aliphatic heterocycles. The van der Waals surface area contributed by atoms with E-state index >= 15 is 0 Å². The molecule has 168 valence electrons. The zero-order valence-electron chi connectivity index (χ0n) is 19.3. The van der Waals surface area contributed by atoms with E-state index in [1.807, 2.05) is 0 Å². The van der Waals surface area contributed by atoms with Crippen LogP contribution in [0, 0.1) is 0 Å². The molecule has 3 nitrogen and oxygen atoms in total. The van der Waals surface area contributed by atoms with Crippen molar-refractivity contribution in [1.82, 2.24) is 9.13 Å². The number of hydrogen-bond acceptors (Lipinski definition) is 1. The molecule has 2 aromatic heterocycles. The summed E-state index contributed by atoms with van der Waals surface area (Å²) in [6, 6.07) is 31.3. The van der Waals surface area contributed by atoms with Crippen LogP contribution in [-0.2, 0) is 31.0 Å². The fourth-order valence-corrected chi connectivity index (χ4v) is 5.87. The Balaban J connectivity index is 1.32. The lowest BCUT2D eigenvalue weighted by Gasteiger charge is -2.11. The molecule has 0 atom stereocenters. The van der Waals surface area contributed by atoms with Crippen molar-refractivity contribution in [1.29, 1.82) is 0 Å². The summed E-state index contributed by atoms with van der Waals surface area (Å²) >= 11 is 0. The van der Waals surface area contributed by atoms with Gasteiger partial charge >= 0.3 is 0 Å². The Bertz CT molecular complexity index is 1550. The van der Waals surface area contributed by atoms with E-state index < -0.39 is 0 Å². The Kier molecular flexibility index (Phi) is 4.70. The third kappa shape index (κ3) is 3.15. The van der Waals surface area contributed by atoms with E-state index in [1.165, 1.54) is 74.0 Å². The summed E-state index contributed by atoms with van der Waals surface area (Å²) < 4.78 is 11.2. The molecule has 6 aromatic rings. The van der Waals surface area contributed by atoms with Crippen LogP contribution < -0.4 is 0 Å². The highest BCUT2D eigenvalue weighted by Gasteiger charge is 2.13. The molecular weight excluding hydrogens is 416 g/mol. The number of ether oxygens (including phenoxy) is 1. The number of aromatic nitrogens is 2. The Labute approximate surface area is 199 Å². The first-order valence-electron chi connectivity index (χ1n) is 12.4. The number of para-hydroxylation sites is 2. The summed E-state index contributed by atoms with van der Waals surface area (Å²) in [4.78, 5) is 0. The van der Waals surface area contributed by atoms with E-state index in [-0.39, 0.29) is 0 Å². The molecule has 0 radical (unpaired) electrons. The molecule has 10 rings (SSSR count). The number of nitrogens with zero attached hydrogens (tertiary/aromatic N) is 2. The van der Waals surface area contributed by atoms with Crippen molar-refractivity contribution in [3.63, 3.8) is 0 Å². The van der Waals surface area contributed by atoms with Crippen LogP contribution in [0.3, 0.4) is 0 Å². The van der Waals surface area contributed by atoms with Crippen LogP contribution in [0.5, 0.6) is 0 Å². The van der Waals surface area contributed by atoms with E-state index in [0.29, 0.717) is 13.2 Å². The average Bonchev–Trinajstić information content (AvgIpc) is 3.36. The van der Waals surface area contributed by atoms with E-state index in [2.05, 4.69) is 94.1 Å². The number of benzene rings is 4. The fraction of sp³-hybridized carbons (Fsp3) is 0.226. The summed E-state index contributed by atoms with van der Waals surface area (Å²) in [6.45, 7) is 3.34. The van der Waals surface area contributed by atoms with Crippen molar-refractivity contribution in [3.8, 4) is 0 Å². The second kappa shape index (κ2) is 8.03. The number of hydrogen-bond donors (Lipinski definition) is 0. The van der Waals surface area contributed by atoms with Gasteiger partial charge in [-0.15, -0.1) is 0 Å². The van der Waals surface area contributed by atoms with Crippen LogP contribution in [0.2, 0.25) is 0 Å². The summed E-state index contributed by atoms with van der Waals surface area (Å²) in [5.41, 5.74) is 7.80. The zero-order valence-corrected chi connectivity index (χ0v) is 19.3. The second-order valence-corrected chi connectivity index (χ2v) is 9.59. The molecule has 0 N–H and O–H groups in total. The van der Waals surface area contributed by atoms with Gasteiger partial charge < -0.3 is 13.9 Å². The first kappa shape index (κ1) is 19.9. The van der Waals surface area contributed by atoms with Gasteiger partial charge in [0.1, 0.15) is 0 Å². The highest BCUT2D eigenvalue weighted by atomic mass is 16.5. The molecule has 0 amide bonds. The van der Waals surface area contributed by atoms with Crippen LogP contribution in [0.15, 0.2) is 84.9 Å². The Hall–Kier alpha value is -3.56. The lowest BCUT2D eigenvalue weighted by atomic mass is 10.1. The first-order valence-corrected chi connectivity index (χ1v) is 12.4. The van der Waals surface area contributed by atoms with Gasteiger partial charge in [-0.3, -0.25) is 0 Å². The minimum absolute atomic E-state index is 0.620. The van der Waals surface area contributed by atoms with Crippen molar-refractivity contribution in [3.05, 3.63) is 96.1 Å². The summed E-state index contributed by atoms with van der Waals surface area (Å²) in [5, 5.41) is 5.36. The number of aryl methyl sites for hydroxylation is 2. The molecule has 34 heavy (non-hydrogen) atoms. The highest BCUT2D eigenvalue weighted by molar-refractivity contribution is 6.09. The topological polar surface area (TPSA) is 19.1 Å². The molecule has 6 heterocycles. The van der Waals surface area contributed by atoms with E-state index in [4.69, 9.17) is 4.74 Å². The third-order valence-corrected chi connectivity index (χ3v) is 7.47. The summed E-state index contributed by atoms with van der Waals surface area (Å²) in [5.74, 6) is 0. The molecule has 0 aliphatic carbocycles. The molecule has 3 heteroatoms. The molecule has 8 bridgehead atoms. The van der Waals surface area contributed by atoms with Crippen molar-refractivity contribution < 1.29 is 4.74 Å². The molecule has 4 aromatic carbocycles.